The molecule has 0 spiro atoms. The SMILES string of the molecule is CCCC(O)CNC(=O)NC(COC)c1ccc(C)o1. The van der Waals surface area contributed by atoms with Crippen molar-refractivity contribution in [1.82, 2.24) is 10.6 Å². The molecule has 2 atom stereocenters. The number of aliphatic hydroxyl groups is 1. The van der Waals surface area contributed by atoms with Crippen molar-refractivity contribution in [3.05, 3.63) is 23.7 Å². The van der Waals surface area contributed by atoms with Crippen molar-refractivity contribution in [2.24, 2.45) is 0 Å². The molecule has 1 heterocycles. The molecular formula is C14H24N2O4. The molecule has 1 rings (SSSR count). The fourth-order valence-corrected chi connectivity index (χ4v) is 1.86. The highest BCUT2D eigenvalue weighted by atomic mass is 16.5. The highest BCUT2D eigenvalue weighted by Crippen LogP contribution is 2.16. The van der Waals surface area contributed by atoms with Gasteiger partial charge in [0.25, 0.3) is 0 Å². The predicted molar refractivity (Wildman–Crippen MR) is 75.5 cm³/mol. The van der Waals surface area contributed by atoms with Gasteiger partial charge in [-0.05, 0) is 25.5 Å². The fourth-order valence-electron chi connectivity index (χ4n) is 1.86. The maximum Gasteiger partial charge on any atom is 0.315 e. The fraction of sp³-hybridized carbons (Fsp3) is 0.643. The van der Waals surface area contributed by atoms with Gasteiger partial charge in [0, 0.05) is 13.7 Å². The minimum atomic E-state index is -0.516. The summed E-state index contributed by atoms with van der Waals surface area (Å²) in [4.78, 5) is 11.8. The standard InChI is InChI=1S/C14H24N2O4/c1-4-5-11(17)8-15-14(18)16-12(9-19-3)13-7-6-10(2)20-13/h6-7,11-12,17H,4-5,8-9H2,1-3H3,(H2,15,16,18). The molecule has 0 aliphatic rings. The number of aliphatic hydroxyl groups excluding tert-OH is 1. The molecular weight excluding hydrogens is 260 g/mol. The average molecular weight is 284 g/mol. The summed E-state index contributed by atoms with van der Waals surface area (Å²) in [6.07, 6.45) is 1.03. The van der Waals surface area contributed by atoms with Gasteiger partial charge in [0.05, 0.1) is 12.7 Å². The molecule has 1 aromatic heterocycles. The molecule has 0 radical (unpaired) electrons. The lowest BCUT2D eigenvalue weighted by Gasteiger charge is -2.17. The summed E-state index contributed by atoms with van der Waals surface area (Å²) < 4.78 is 10.6. The molecule has 1 aromatic rings. The van der Waals surface area contributed by atoms with E-state index in [0.29, 0.717) is 18.8 Å². The van der Waals surface area contributed by atoms with Crippen LogP contribution >= 0.6 is 0 Å². The Morgan fingerprint density at radius 1 is 1.50 bits per heavy atom. The van der Waals surface area contributed by atoms with Gasteiger partial charge in [-0.25, -0.2) is 4.79 Å². The summed E-state index contributed by atoms with van der Waals surface area (Å²) in [6.45, 7) is 4.38. The molecule has 20 heavy (non-hydrogen) atoms. The van der Waals surface area contributed by atoms with Crippen molar-refractivity contribution in [3.63, 3.8) is 0 Å². The summed E-state index contributed by atoms with van der Waals surface area (Å²) in [6, 6.07) is 2.95. The highest BCUT2D eigenvalue weighted by molar-refractivity contribution is 5.74. The van der Waals surface area contributed by atoms with E-state index in [-0.39, 0.29) is 18.6 Å². The molecule has 0 aromatic carbocycles. The lowest BCUT2D eigenvalue weighted by Crippen LogP contribution is -2.42. The van der Waals surface area contributed by atoms with Crippen molar-refractivity contribution in [3.8, 4) is 0 Å². The van der Waals surface area contributed by atoms with E-state index in [1.54, 1.807) is 7.11 Å². The number of carbonyl (C=O) groups is 1. The number of nitrogens with one attached hydrogen (secondary N) is 2. The largest absolute Gasteiger partial charge is 0.464 e. The van der Waals surface area contributed by atoms with E-state index in [9.17, 15) is 9.90 Å². The Balaban J connectivity index is 2.47. The average Bonchev–Trinajstić information content (AvgIpc) is 2.83. The molecule has 0 saturated heterocycles. The third kappa shape index (κ3) is 5.63. The summed E-state index contributed by atoms with van der Waals surface area (Å²) in [5.74, 6) is 1.43. The first kappa shape index (κ1) is 16.5. The molecule has 0 aliphatic carbocycles. The topological polar surface area (TPSA) is 83.7 Å². The Labute approximate surface area is 119 Å². The van der Waals surface area contributed by atoms with Crippen molar-refractivity contribution < 1.29 is 19.1 Å². The zero-order valence-electron chi connectivity index (χ0n) is 12.3. The van der Waals surface area contributed by atoms with Crippen molar-refractivity contribution in [2.45, 2.75) is 38.8 Å². The monoisotopic (exact) mass is 284 g/mol. The maximum atomic E-state index is 11.8. The zero-order chi connectivity index (χ0) is 15.0. The first-order valence-electron chi connectivity index (χ1n) is 6.84. The van der Waals surface area contributed by atoms with Crippen LogP contribution in [0.4, 0.5) is 4.79 Å². The van der Waals surface area contributed by atoms with Crippen LogP contribution in [0.15, 0.2) is 16.5 Å². The minimum absolute atomic E-state index is 0.233. The number of rotatable bonds is 8. The third-order valence-corrected chi connectivity index (χ3v) is 2.86. The number of hydrogen-bond donors (Lipinski definition) is 3. The van der Waals surface area contributed by atoms with Gasteiger partial charge in [-0.1, -0.05) is 13.3 Å². The number of aryl methyl sites for hydroxylation is 1. The van der Waals surface area contributed by atoms with Crippen LogP contribution in [-0.4, -0.2) is 37.5 Å². The number of methoxy groups -OCH3 is 1. The Bertz CT molecular complexity index is 406. The van der Waals surface area contributed by atoms with Crippen LogP contribution in [0.5, 0.6) is 0 Å². The smallest absolute Gasteiger partial charge is 0.315 e. The molecule has 114 valence electrons. The van der Waals surface area contributed by atoms with Crippen molar-refractivity contribution >= 4 is 6.03 Å². The van der Waals surface area contributed by atoms with Crippen molar-refractivity contribution in [2.75, 3.05) is 20.3 Å². The van der Waals surface area contributed by atoms with Gasteiger partial charge in [-0.3, -0.25) is 0 Å². The number of amides is 2. The number of hydrogen-bond acceptors (Lipinski definition) is 4. The van der Waals surface area contributed by atoms with Gasteiger partial charge >= 0.3 is 6.03 Å². The highest BCUT2D eigenvalue weighted by Gasteiger charge is 2.18. The first-order valence-corrected chi connectivity index (χ1v) is 6.84. The number of furan rings is 1. The Morgan fingerprint density at radius 2 is 2.25 bits per heavy atom. The molecule has 0 saturated carbocycles. The normalized spacial score (nSPS) is 13.8. The maximum absolute atomic E-state index is 11.8. The second kappa shape index (κ2) is 8.60. The second-order valence-electron chi connectivity index (χ2n) is 4.75. The molecule has 2 unspecified atom stereocenters. The number of urea groups is 1. The molecule has 3 N–H and O–H groups in total. The van der Waals surface area contributed by atoms with Crippen molar-refractivity contribution in [1.29, 1.82) is 0 Å². The van der Waals surface area contributed by atoms with Crippen LogP contribution in [0, 0.1) is 6.92 Å². The van der Waals surface area contributed by atoms with E-state index >= 15 is 0 Å². The van der Waals surface area contributed by atoms with Crippen LogP contribution in [0.3, 0.4) is 0 Å². The van der Waals surface area contributed by atoms with E-state index < -0.39 is 6.10 Å². The summed E-state index contributed by atoms with van der Waals surface area (Å²) >= 11 is 0. The third-order valence-electron chi connectivity index (χ3n) is 2.86. The molecule has 0 fully saturated rings. The molecule has 0 bridgehead atoms. The number of ether oxygens (including phenoxy) is 1. The molecule has 0 aliphatic heterocycles. The van der Waals surface area contributed by atoms with Gasteiger partial charge in [0.1, 0.15) is 17.6 Å². The van der Waals surface area contributed by atoms with E-state index in [2.05, 4.69) is 10.6 Å². The first-order chi connectivity index (χ1) is 9.56. The lowest BCUT2D eigenvalue weighted by molar-refractivity contribution is 0.148. The van der Waals surface area contributed by atoms with Crippen LogP contribution in [0.2, 0.25) is 0 Å². The van der Waals surface area contributed by atoms with E-state index in [1.807, 2.05) is 26.0 Å². The Kier molecular flexibility index (Phi) is 7.11. The van der Waals surface area contributed by atoms with Gasteiger partial charge in [0.15, 0.2) is 0 Å². The van der Waals surface area contributed by atoms with Gasteiger partial charge in [-0.2, -0.15) is 0 Å². The zero-order valence-corrected chi connectivity index (χ0v) is 12.3. The van der Waals surface area contributed by atoms with E-state index in [4.69, 9.17) is 9.15 Å². The van der Waals surface area contributed by atoms with Gasteiger partial charge in [-0.15, -0.1) is 0 Å². The minimum Gasteiger partial charge on any atom is -0.464 e. The van der Waals surface area contributed by atoms with Gasteiger partial charge in [0.2, 0.25) is 0 Å². The summed E-state index contributed by atoms with van der Waals surface area (Å²) in [7, 11) is 1.56. The molecule has 6 nitrogen and oxygen atoms in total. The van der Waals surface area contributed by atoms with E-state index in [0.717, 1.165) is 12.2 Å². The Hall–Kier alpha value is -1.53. The van der Waals surface area contributed by atoms with Crippen LogP contribution in [0.1, 0.15) is 37.3 Å². The van der Waals surface area contributed by atoms with Crippen LogP contribution < -0.4 is 10.6 Å². The summed E-state index contributed by atoms with van der Waals surface area (Å²) in [5, 5.41) is 15.0. The Morgan fingerprint density at radius 3 is 2.80 bits per heavy atom. The van der Waals surface area contributed by atoms with Gasteiger partial charge < -0.3 is 24.9 Å². The summed E-state index contributed by atoms with van der Waals surface area (Å²) in [5.41, 5.74) is 0. The van der Waals surface area contributed by atoms with Crippen LogP contribution in [-0.2, 0) is 4.74 Å². The predicted octanol–water partition coefficient (Wildman–Crippen LogP) is 1.74. The second-order valence-corrected chi connectivity index (χ2v) is 4.75. The number of carbonyl (C=O) groups excluding carboxylic acids is 1. The quantitative estimate of drug-likeness (QED) is 0.679. The van der Waals surface area contributed by atoms with E-state index in [1.165, 1.54) is 0 Å². The molecule has 2 amide bonds. The molecule has 6 heteroatoms. The van der Waals surface area contributed by atoms with Crippen LogP contribution in [0.25, 0.3) is 0 Å². The lowest BCUT2D eigenvalue weighted by atomic mass is 10.2.